The summed E-state index contributed by atoms with van der Waals surface area (Å²) >= 11 is 5.37. The molecule has 4 nitrogen and oxygen atoms in total. The topological polar surface area (TPSA) is 40.6 Å². The average Bonchev–Trinajstić information content (AvgIpc) is 2.15. The first-order valence-electron chi connectivity index (χ1n) is 5.52. The molecule has 0 N–H and O–H groups in total. The third kappa shape index (κ3) is 4.00. The maximum absolute atomic E-state index is 11.9. The fourth-order valence-corrected chi connectivity index (χ4v) is 1.87. The summed E-state index contributed by atoms with van der Waals surface area (Å²) in [6.45, 7) is 8.40. The summed E-state index contributed by atoms with van der Waals surface area (Å²) in [7, 11) is 0. The Balaban J connectivity index is 2.42. The molecule has 0 atom stereocenters. The van der Waals surface area contributed by atoms with Gasteiger partial charge in [-0.25, -0.2) is 0 Å². The number of piperazine rings is 1. The Bertz CT molecular complexity index is 278. The van der Waals surface area contributed by atoms with Crippen molar-refractivity contribution in [2.45, 2.75) is 27.2 Å². The molecule has 1 rings (SSSR count). The van der Waals surface area contributed by atoms with E-state index in [1.807, 2.05) is 25.7 Å². The van der Waals surface area contributed by atoms with Crippen molar-refractivity contribution in [1.29, 1.82) is 0 Å². The second-order valence-electron chi connectivity index (χ2n) is 5.36. The molecule has 0 aliphatic carbocycles. The molecule has 0 bridgehead atoms. The molecule has 0 saturated carbocycles. The van der Waals surface area contributed by atoms with Gasteiger partial charge in [-0.1, -0.05) is 20.8 Å². The third-order valence-corrected chi connectivity index (χ3v) is 2.80. The van der Waals surface area contributed by atoms with Crippen LogP contribution in [0.1, 0.15) is 27.2 Å². The first-order chi connectivity index (χ1) is 7.29. The molecule has 0 aromatic heterocycles. The standard InChI is InChI=1S/C11H19ClN2O2/c1-11(2,3)8-9(15)13-4-6-14(7-5-13)10(12)16/h4-8H2,1-3H3. The van der Waals surface area contributed by atoms with E-state index in [9.17, 15) is 9.59 Å². The third-order valence-electron chi connectivity index (χ3n) is 2.56. The highest BCUT2D eigenvalue weighted by Gasteiger charge is 2.25. The SMILES string of the molecule is CC(C)(C)CC(=O)N1CCN(C(=O)Cl)CC1. The van der Waals surface area contributed by atoms with E-state index in [0.717, 1.165) is 0 Å². The van der Waals surface area contributed by atoms with E-state index >= 15 is 0 Å². The second-order valence-corrected chi connectivity index (χ2v) is 5.68. The number of rotatable bonds is 1. The molecule has 1 heterocycles. The van der Waals surface area contributed by atoms with Gasteiger partial charge in [0.15, 0.2) is 0 Å². The van der Waals surface area contributed by atoms with Gasteiger partial charge in [-0.3, -0.25) is 9.59 Å². The zero-order valence-corrected chi connectivity index (χ0v) is 10.9. The van der Waals surface area contributed by atoms with E-state index in [0.29, 0.717) is 32.6 Å². The van der Waals surface area contributed by atoms with E-state index < -0.39 is 5.37 Å². The van der Waals surface area contributed by atoms with Crippen LogP contribution in [0, 0.1) is 5.41 Å². The van der Waals surface area contributed by atoms with Gasteiger partial charge in [-0.2, -0.15) is 0 Å². The number of amides is 2. The monoisotopic (exact) mass is 246 g/mol. The van der Waals surface area contributed by atoms with Crippen LogP contribution in [0.5, 0.6) is 0 Å². The largest absolute Gasteiger partial charge is 0.339 e. The molecule has 1 saturated heterocycles. The molecule has 1 fully saturated rings. The summed E-state index contributed by atoms with van der Waals surface area (Å²) in [6.07, 6.45) is 0.543. The summed E-state index contributed by atoms with van der Waals surface area (Å²) in [4.78, 5) is 26.1. The average molecular weight is 247 g/mol. The second kappa shape index (κ2) is 5.04. The van der Waals surface area contributed by atoms with Gasteiger partial charge in [0.1, 0.15) is 0 Å². The number of hydrogen-bond donors (Lipinski definition) is 0. The molecule has 0 spiro atoms. The minimum absolute atomic E-state index is 0.0104. The summed E-state index contributed by atoms with van der Waals surface area (Å²) in [5, 5.41) is -0.428. The Kier molecular flexibility index (Phi) is 4.19. The van der Waals surface area contributed by atoms with Gasteiger partial charge in [-0.05, 0) is 17.0 Å². The fourth-order valence-electron chi connectivity index (χ4n) is 1.70. The smallest absolute Gasteiger partial charge is 0.316 e. The first kappa shape index (κ1) is 13.3. The van der Waals surface area contributed by atoms with Crippen LogP contribution in [-0.4, -0.2) is 47.3 Å². The number of hydrogen-bond acceptors (Lipinski definition) is 2. The highest BCUT2D eigenvalue weighted by molar-refractivity contribution is 6.62. The van der Waals surface area contributed by atoms with Crippen molar-refractivity contribution >= 4 is 22.9 Å². The zero-order chi connectivity index (χ0) is 12.3. The van der Waals surface area contributed by atoms with E-state index in [1.54, 1.807) is 4.90 Å². The van der Waals surface area contributed by atoms with Crippen LogP contribution in [0.4, 0.5) is 4.79 Å². The normalized spacial score (nSPS) is 17.5. The number of nitrogens with zero attached hydrogens (tertiary/aromatic N) is 2. The van der Waals surface area contributed by atoms with Crippen LogP contribution >= 0.6 is 11.6 Å². The van der Waals surface area contributed by atoms with Crippen molar-refractivity contribution < 1.29 is 9.59 Å². The predicted molar refractivity (Wildman–Crippen MR) is 63.5 cm³/mol. The van der Waals surface area contributed by atoms with Crippen LogP contribution in [0.2, 0.25) is 0 Å². The van der Waals surface area contributed by atoms with Gasteiger partial charge in [0.2, 0.25) is 5.91 Å². The van der Waals surface area contributed by atoms with E-state index in [-0.39, 0.29) is 11.3 Å². The summed E-state index contributed by atoms with van der Waals surface area (Å²) in [6, 6.07) is 0. The van der Waals surface area contributed by atoms with Gasteiger partial charge in [0.05, 0.1) is 0 Å². The molecule has 2 amide bonds. The summed E-state index contributed by atoms with van der Waals surface area (Å²) < 4.78 is 0. The number of carbonyl (C=O) groups excluding carboxylic acids is 2. The Morgan fingerprint density at radius 1 is 1.06 bits per heavy atom. The first-order valence-corrected chi connectivity index (χ1v) is 5.89. The zero-order valence-electron chi connectivity index (χ0n) is 10.1. The highest BCUT2D eigenvalue weighted by Crippen LogP contribution is 2.20. The lowest BCUT2D eigenvalue weighted by Crippen LogP contribution is -2.49. The Morgan fingerprint density at radius 2 is 1.50 bits per heavy atom. The number of halogens is 1. The van der Waals surface area contributed by atoms with Crippen LogP contribution < -0.4 is 0 Å². The van der Waals surface area contributed by atoms with Crippen molar-refractivity contribution in [3.63, 3.8) is 0 Å². The predicted octanol–water partition coefficient (Wildman–Crippen LogP) is 1.93. The van der Waals surface area contributed by atoms with Crippen LogP contribution in [0.3, 0.4) is 0 Å². The fraction of sp³-hybridized carbons (Fsp3) is 0.818. The molecule has 5 heteroatoms. The van der Waals surface area contributed by atoms with Gasteiger partial charge < -0.3 is 9.80 Å². The van der Waals surface area contributed by atoms with E-state index in [4.69, 9.17) is 11.6 Å². The molecule has 0 aromatic carbocycles. The molecule has 16 heavy (non-hydrogen) atoms. The Morgan fingerprint density at radius 3 is 1.88 bits per heavy atom. The lowest BCUT2D eigenvalue weighted by molar-refractivity contribution is -0.134. The van der Waals surface area contributed by atoms with Crippen LogP contribution in [0.25, 0.3) is 0 Å². The highest BCUT2D eigenvalue weighted by atomic mass is 35.5. The molecular weight excluding hydrogens is 228 g/mol. The van der Waals surface area contributed by atoms with Crippen LogP contribution in [-0.2, 0) is 4.79 Å². The van der Waals surface area contributed by atoms with Crippen molar-refractivity contribution in [2.24, 2.45) is 5.41 Å². The van der Waals surface area contributed by atoms with Gasteiger partial charge in [-0.15, -0.1) is 0 Å². The minimum atomic E-state index is -0.428. The van der Waals surface area contributed by atoms with Gasteiger partial charge >= 0.3 is 5.37 Å². The van der Waals surface area contributed by atoms with Crippen LogP contribution in [0.15, 0.2) is 0 Å². The van der Waals surface area contributed by atoms with E-state index in [1.165, 1.54) is 0 Å². The van der Waals surface area contributed by atoms with Crippen molar-refractivity contribution in [1.82, 2.24) is 9.80 Å². The molecular formula is C11H19ClN2O2. The lowest BCUT2D eigenvalue weighted by Gasteiger charge is -2.34. The maximum Gasteiger partial charge on any atom is 0.316 e. The van der Waals surface area contributed by atoms with Crippen molar-refractivity contribution in [2.75, 3.05) is 26.2 Å². The maximum atomic E-state index is 11.9. The molecule has 1 aliphatic rings. The van der Waals surface area contributed by atoms with Crippen molar-refractivity contribution in [3.8, 4) is 0 Å². The number of carbonyl (C=O) groups is 2. The van der Waals surface area contributed by atoms with E-state index in [2.05, 4.69) is 0 Å². The van der Waals surface area contributed by atoms with Crippen molar-refractivity contribution in [3.05, 3.63) is 0 Å². The van der Waals surface area contributed by atoms with Gasteiger partial charge in [0.25, 0.3) is 0 Å². The summed E-state index contributed by atoms with van der Waals surface area (Å²) in [5.41, 5.74) is 0.0104. The Hall–Kier alpha value is -0.770. The molecule has 92 valence electrons. The lowest BCUT2D eigenvalue weighted by atomic mass is 9.91. The summed E-state index contributed by atoms with van der Waals surface area (Å²) in [5.74, 6) is 0.161. The molecule has 0 aromatic rings. The quantitative estimate of drug-likeness (QED) is 0.524. The van der Waals surface area contributed by atoms with Gasteiger partial charge in [0, 0.05) is 32.6 Å². The molecule has 0 radical (unpaired) electrons. The molecule has 0 unspecified atom stereocenters. The Labute approximate surface area is 102 Å². The minimum Gasteiger partial charge on any atom is -0.339 e. The molecule has 1 aliphatic heterocycles.